The fraction of sp³-hybridized carbons (Fsp3) is 0.368. The molecule has 0 spiro atoms. The Morgan fingerprint density at radius 3 is 2.38 bits per heavy atom. The van der Waals surface area contributed by atoms with Gasteiger partial charge in [0.25, 0.3) is 5.91 Å². The van der Waals surface area contributed by atoms with Gasteiger partial charge in [-0.05, 0) is 49.2 Å². The number of nitrogens with zero attached hydrogens (tertiary/aromatic N) is 2. The molecule has 1 amide bonds. The number of amides is 1. The van der Waals surface area contributed by atoms with Gasteiger partial charge in [-0.1, -0.05) is 13.8 Å². The van der Waals surface area contributed by atoms with E-state index >= 15 is 0 Å². The lowest BCUT2D eigenvalue weighted by atomic mass is 10.2. The monoisotopic (exact) mass is 327 g/mol. The van der Waals surface area contributed by atoms with E-state index in [1.165, 1.54) is 0 Å². The quantitative estimate of drug-likeness (QED) is 0.793. The van der Waals surface area contributed by atoms with Crippen LogP contribution in [0.4, 0.5) is 11.5 Å². The summed E-state index contributed by atoms with van der Waals surface area (Å²) in [6.45, 7) is 5.71. The second-order valence-corrected chi connectivity index (χ2v) is 5.58. The molecule has 0 radical (unpaired) electrons. The molecule has 2 aromatic rings. The number of hydrogen-bond acceptors (Lipinski definition) is 4. The molecule has 0 saturated carbocycles. The predicted octanol–water partition coefficient (Wildman–Crippen LogP) is 4.10. The molecule has 24 heavy (non-hydrogen) atoms. The van der Waals surface area contributed by atoms with E-state index in [-0.39, 0.29) is 5.91 Å². The van der Waals surface area contributed by atoms with Crippen LogP contribution in [0.3, 0.4) is 0 Å². The zero-order valence-electron chi connectivity index (χ0n) is 14.6. The van der Waals surface area contributed by atoms with Crippen molar-refractivity contribution >= 4 is 17.4 Å². The van der Waals surface area contributed by atoms with Crippen molar-refractivity contribution in [2.75, 3.05) is 25.5 Å². The van der Waals surface area contributed by atoms with E-state index in [9.17, 15) is 4.79 Å². The molecule has 1 aromatic carbocycles. The van der Waals surface area contributed by atoms with Crippen molar-refractivity contribution in [1.82, 2.24) is 9.88 Å². The number of benzene rings is 1. The summed E-state index contributed by atoms with van der Waals surface area (Å²) in [5, 5.41) is 3.22. The van der Waals surface area contributed by atoms with Crippen molar-refractivity contribution in [3.05, 3.63) is 48.2 Å². The van der Waals surface area contributed by atoms with Gasteiger partial charge in [-0.3, -0.25) is 4.79 Å². The molecular formula is C19H25N3O2. The van der Waals surface area contributed by atoms with E-state index in [4.69, 9.17) is 4.74 Å². The summed E-state index contributed by atoms with van der Waals surface area (Å²) in [5.41, 5.74) is 1.55. The van der Waals surface area contributed by atoms with Gasteiger partial charge in [-0.2, -0.15) is 0 Å². The van der Waals surface area contributed by atoms with E-state index in [1.807, 2.05) is 29.2 Å². The van der Waals surface area contributed by atoms with Crippen LogP contribution in [0.1, 0.15) is 37.0 Å². The van der Waals surface area contributed by atoms with Gasteiger partial charge in [-0.15, -0.1) is 0 Å². The van der Waals surface area contributed by atoms with E-state index in [2.05, 4.69) is 24.1 Å². The maximum Gasteiger partial charge on any atom is 0.254 e. The highest BCUT2D eigenvalue weighted by atomic mass is 16.5. The van der Waals surface area contributed by atoms with Gasteiger partial charge in [0.2, 0.25) is 0 Å². The van der Waals surface area contributed by atoms with Crippen molar-refractivity contribution in [2.24, 2.45) is 0 Å². The molecular weight excluding hydrogens is 302 g/mol. The first-order valence-corrected chi connectivity index (χ1v) is 8.34. The predicted molar refractivity (Wildman–Crippen MR) is 97.0 cm³/mol. The van der Waals surface area contributed by atoms with Crippen LogP contribution in [0.2, 0.25) is 0 Å². The summed E-state index contributed by atoms with van der Waals surface area (Å²) in [7, 11) is 1.64. The van der Waals surface area contributed by atoms with E-state index in [0.29, 0.717) is 11.4 Å². The molecule has 0 fully saturated rings. The molecule has 5 nitrogen and oxygen atoms in total. The Balaban J connectivity index is 2.13. The van der Waals surface area contributed by atoms with Gasteiger partial charge >= 0.3 is 0 Å². The smallest absolute Gasteiger partial charge is 0.254 e. The number of ether oxygens (including phenoxy) is 1. The Hall–Kier alpha value is -2.56. The minimum Gasteiger partial charge on any atom is -0.497 e. The molecule has 0 unspecified atom stereocenters. The second kappa shape index (κ2) is 8.91. The molecule has 128 valence electrons. The summed E-state index contributed by atoms with van der Waals surface area (Å²) < 4.78 is 5.15. The summed E-state index contributed by atoms with van der Waals surface area (Å²) in [4.78, 5) is 18.9. The zero-order chi connectivity index (χ0) is 17.4. The van der Waals surface area contributed by atoms with Gasteiger partial charge < -0.3 is 15.0 Å². The highest BCUT2D eigenvalue weighted by molar-refractivity contribution is 5.95. The molecule has 2 rings (SSSR count). The van der Waals surface area contributed by atoms with Crippen LogP contribution in [0, 0.1) is 0 Å². The number of carbonyl (C=O) groups is 1. The van der Waals surface area contributed by atoms with E-state index in [0.717, 1.165) is 37.4 Å². The normalized spacial score (nSPS) is 10.3. The molecule has 1 heterocycles. The number of nitrogens with one attached hydrogen (secondary N) is 1. The van der Waals surface area contributed by atoms with Gasteiger partial charge in [-0.25, -0.2) is 4.98 Å². The Bertz CT molecular complexity index is 650. The number of methoxy groups -OCH3 is 1. The molecule has 0 aliphatic rings. The first-order valence-electron chi connectivity index (χ1n) is 8.34. The van der Waals surface area contributed by atoms with Crippen molar-refractivity contribution in [3.8, 4) is 5.75 Å². The standard InChI is InChI=1S/C19H25N3O2/c1-4-12-22(13-5-2)19(23)15-10-11-20-18(14-15)21-16-6-8-17(24-3)9-7-16/h6-11,14H,4-5,12-13H2,1-3H3,(H,20,21). The van der Waals surface area contributed by atoms with Crippen molar-refractivity contribution in [2.45, 2.75) is 26.7 Å². The lowest BCUT2D eigenvalue weighted by molar-refractivity contribution is 0.0755. The number of hydrogen-bond donors (Lipinski definition) is 1. The third-order valence-corrected chi connectivity index (χ3v) is 3.64. The van der Waals surface area contributed by atoms with Crippen LogP contribution in [0.5, 0.6) is 5.75 Å². The van der Waals surface area contributed by atoms with Gasteiger partial charge in [0, 0.05) is 30.5 Å². The second-order valence-electron chi connectivity index (χ2n) is 5.58. The number of rotatable bonds is 8. The maximum absolute atomic E-state index is 12.7. The minimum absolute atomic E-state index is 0.0545. The molecule has 0 saturated heterocycles. The Morgan fingerprint density at radius 2 is 1.79 bits per heavy atom. The number of pyridine rings is 1. The number of anilines is 2. The number of aromatic nitrogens is 1. The lowest BCUT2D eigenvalue weighted by Crippen LogP contribution is -2.32. The summed E-state index contributed by atoms with van der Waals surface area (Å²) >= 11 is 0. The van der Waals surface area contributed by atoms with Crippen LogP contribution in [-0.4, -0.2) is 36.0 Å². The Kier molecular flexibility index (Phi) is 6.61. The Morgan fingerprint density at radius 1 is 1.12 bits per heavy atom. The molecule has 0 atom stereocenters. The minimum atomic E-state index is 0.0545. The molecule has 1 N–H and O–H groups in total. The highest BCUT2D eigenvalue weighted by Gasteiger charge is 2.14. The first kappa shape index (κ1) is 17.8. The number of carbonyl (C=O) groups excluding carboxylic acids is 1. The lowest BCUT2D eigenvalue weighted by Gasteiger charge is -2.21. The van der Waals surface area contributed by atoms with Crippen LogP contribution < -0.4 is 10.1 Å². The van der Waals surface area contributed by atoms with Crippen molar-refractivity contribution < 1.29 is 9.53 Å². The zero-order valence-corrected chi connectivity index (χ0v) is 14.6. The largest absolute Gasteiger partial charge is 0.497 e. The van der Waals surface area contributed by atoms with Crippen LogP contribution in [0.25, 0.3) is 0 Å². The molecule has 0 aliphatic heterocycles. The molecule has 0 aliphatic carbocycles. The van der Waals surface area contributed by atoms with Crippen LogP contribution >= 0.6 is 0 Å². The SMILES string of the molecule is CCCN(CCC)C(=O)c1ccnc(Nc2ccc(OC)cc2)c1. The van der Waals surface area contributed by atoms with Gasteiger partial charge in [0.15, 0.2) is 0 Å². The van der Waals surface area contributed by atoms with E-state index in [1.54, 1.807) is 25.4 Å². The first-order chi connectivity index (χ1) is 11.7. The van der Waals surface area contributed by atoms with Gasteiger partial charge in [0.05, 0.1) is 7.11 Å². The highest BCUT2D eigenvalue weighted by Crippen LogP contribution is 2.19. The summed E-state index contributed by atoms with van der Waals surface area (Å²) in [6, 6.07) is 11.1. The van der Waals surface area contributed by atoms with Crippen LogP contribution in [-0.2, 0) is 0 Å². The molecule has 1 aromatic heterocycles. The topological polar surface area (TPSA) is 54.5 Å². The maximum atomic E-state index is 12.7. The average molecular weight is 327 g/mol. The fourth-order valence-corrected chi connectivity index (χ4v) is 2.49. The summed E-state index contributed by atoms with van der Waals surface area (Å²) in [5.74, 6) is 1.50. The summed E-state index contributed by atoms with van der Waals surface area (Å²) in [6.07, 6.45) is 3.57. The average Bonchev–Trinajstić information content (AvgIpc) is 2.62. The fourth-order valence-electron chi connectivity index (χ4n) is 2.49. The van der Waals surface area contributed by atoms with Crippen molar-refractivity contribution in [3.63, 3.8) is 0 Å². The van der Waals surface area contributed by atoms with E-state index < -0.39 is 0 Å². The van der Waals surface area contributed by atoms with Gasteiger partial charge in [0.1, 0.15) is 11.6 Å². The van der Waals surface area contributed by atoms with Crippen molar-refractivity contribution in [1.29, 1.82) is 0 Å². The van der Waals surface area contributed by atoms with Crippen LogP contribution in [0.15, 0.2) is 42.6 Å². The molecule has 0 bridgehead atoms. The third kappa shape index (κ3) is 4.72. The third-order valence-electron chi connectivity index (χ3n) is 3.64. The molecule has 5 heteroatoms. The Labute approximate surface area is 143 Å².